The minimum absolute atomic E-state index is 0.0516. The quantitative estimate of drug-likeness (QED) is 0.310. The Morgan fingerprint density at radius 2 is 1.78 bits per heavy atom. The molecule has 2 aliphatic heterocycles. The number of rotatable bonds is 6. The minimum Gasteiger partial charge on any atom is -0.497 e. The SMILES string of the molecule is COc1ccc(-c2nn([C@@H]3CC4C(=O)NC5(C(=O)O)CC5/C=C\CCCCCC(NC(=O)OC(C)(C)C)C(=O)N4C3)nc2-c2cccnc2)cc1. The Hall–Kier alpha value is -5.27. The fourth-order valence-corrected chi connectivity index (χ4v) is 6.82. The number of nitrogens with zero attached hydrogens (tertiary/aromatic N) is 5. The van der Waals surface area contributed by atoms with Crippen LogP contribution in [0.25, 0.3) is 22.5 Å². The number of aromatic nitrogens is 4. The average molecular weight is 700 g/mol. The second kappa shape index (κ2) is 14.5. The molecule has 3 aliphatic rings. The van der Waals surface area contributed by atoms with Gasteiger partial charge in [0.1, 0.15) is 40.4 Å². The fraction of sp³-hybridized carbons (Fsp3) is 0.486. The number of allylic oxidation sites excluding steroid dienone is 1. The number of alkyl carbamates (subject to hydrolysis) is 1. The molecule has 3 amide bonds. The van der Waals surface area contributed by atoms with Crippen molar-refractivity contribution in [3.8, 4) is 28.3 Å². The van der Waals surface area contributed by atoms with Crippen LogP contribution < -0.4 is 15.4 Å². The molecule has 2 fully saturated rings. The Morgan fingerprint density at radius 1 is 1.04 bits per heavy atom. The van der Waals surface area contributed by atoms with Crippen molar-refractivity contribution < 1.29 is 33.8 Å². The largest absolute Gasteiger partial charge is 0.497 e. The number of nitrogens with one attached hydrogen (secondary N) is 2. The van der Waals surface area contributed by atoms with Crippen molar-refractivity contribution in [3.05, 3.63) is 60.9 Å². The van der Waals surface area contributed by atoms with Crippen LogP contribution in [0.15, 0.2) is 60.9 Å². The number of carboxylic acids is 1. The monoisotopic (exact) mass is 699 g/mol. The Balaban J connectivity index is 1.37. The molecule has 51 heavy (non-hydrogen) atoms. The van der Waals surface area contributed by atoms with Crippen molar-refractivity contribution in [1.29, 1.82) is 0 Å². The van der Waals surface area contributed by atoms with Crippen LogP contribution in [0.2, 0.25) is 0 Å². The van der Waals surface area contributed by atoms with E-state index in [-0.39, 0.29) is 25.3 Å². The number of fused-ring (bicyclic) bond motifs is 2. The molecule has 1 aliphatic carbocycles. The summed E-state index contributed by atoms with van der Waals surface area (Å²) in [6.45, 7) is 5.27. The smallest absolute Gasteiger partial charge is 0.408 e. The average Bonchev–Trinajstić information content (AvgIpc) is 3.40. The Morgan fingerprint density at radius 3 is 2.45 bits per heavy atom. The first-order valence-electron chi connectivity index (χ1n) is 17.4. The van der Waals surface area contributed by atoms with E-state index in [1.54, 1.807) is 46.3 Å². The number of aliphatic carboxylic acids is 1. The van der Waals surface area contributed by atoms with E-state index < -0.39 is 53.1 Å². The van der Waals surface area contributed by atoms with E-state index in [9.17, 15) is 24.3 Å². The minimum atomic E-state index is -1.45. The molecule has 1 aromatic carbocycles. The first-order valence-corrected chi connectivity index (χ1v) is 17.4. The van der Waals surface area contributed by atoms with E-state index in [0.29, 0.717) is 30.0 Å². The number of carboxylic acid groups (broad SMARTS) is 1. The zero-order valence-electron chi connectivity index (χ0n) is 29.4. The Bertz CT molecular complexity index is 1790. The highest BCUT2D eigenvalue weighted by Crippen LogP contribution is 2.45. The van der Waals surface area contributed by atoms with E-state index >= 15 is 0 Å². The van der Waals surface area contributed by atoms with Crippen LogP contribution in [-0.4, -0.2) is 90.7 Å². The number of amides is 3. The van der Waals surface area contributed by atoms with Gasteiger partial charge in [-0.2, -0.15) is 15.0 Å². The van der Waals surface area contributed by atoms with E-state index in [1.165, 1.54) is 9.70 Å². The second-order valence-corrected chi connectivity index (χ2v) is 14.4. The lowest BCUT2D eigenvalue weighted by Gasteiger charge is -2.30. The van der Waals surface area contributed by atoms with Crippen LogP contribution >= 0.6 is 0 Å². The Labute approximate surface area is 296 Å². The number of pyridine rings is 1. The maximum absolute atomic E-state index is 14.4. The van der Waals surface area contributed by atoms with Crippen molar-refractivity contribution in [1.82, 2.24) is 35.5 Å². The number of hydrogen-bond acceptors (Lipinski definition) is 9. The zero-order chi connectivity index (χ0) is 36.3. The number of benzene rings is 1. The molecule has 14 heteroatoms. The molecular formula is C37H45N7O7. The van der Waals surface area contributed by atoms with E-state index in [0.717, 1.165) is 30.4 Å². The summed E-state index contributed by atoms with van der Waals surface area (Å²) in [4.78, 5) is 61.3. The molecule has 3 N–H and O–H groups in total. The van der Waals surface area contributed by atoms with Gasteiger partial charge in [-0.05, 0) is 82.9 Å². The molecule has 4 unspecified atom stereocenters. The Kier molecular flexibility index (Phi) is 10.1. The number of ether oxygens (including phenoxy) is 2. The molecule has 0 spiro atoms. The fourth-order valence-electron chi connectivity index (χ4n) is 6.82. The second-order valence-electron chi connectivity index (χ2n) is 14.4. The maximum Gasteiger partial charge on any atom is 0.408 e. The third-order valence-electron chi connectivity index (χ3n) is 9.58. The molecule has 5 atom stereocenters. The van der Waals surface area contributed by atoms with Crippen LogP contribution in [0.1, 0.15) is 71.8 Å². The van der Waals surface area contributed by atoms with Gasteiger partial charge in [0.15, 0.2) is 0 Å². The van der Waals surface area contributed by atoms with Crippen molar-refractivity contribution in [3.63, 3.8) is 0 Å². The maximum atomic E-state index is 14.4. The van der Waals surface area contributed by atoms with Gasteiger partial charge in [0, 0.05) is 42.4 Å². The van der Waals surface area contributed by atoms with Gasteiger partial charge in [-0.1, -0.05) is 25.0 Å². The van der Waals surface area contributed by atoms with Gasteiger partial charge in [-0.15, -0.1) is 0 Å². The lowest BCUT2D eigenvalue weighted by atomic mass is 10.0. The van der Waals surface area contributed by atoms with Crippen molar-refractivity contribution in [2.75, 3.05) is 13.7 Å². The molecule has 6 rings (SSSR count). The van der Waals surface area contributed by atoms with Crippen LogP contribution in [0, 0.1) is 5.92 Å². The first-order chi connectivity index (χ1) is 24.4. The third-order valence-corrected chi connectivity index (χ3v) is 9.58. The van der Waals surface area contributed by atoms with E-state index in [1.807, 2.05) is 42.5 Å². The molecular weight excluding hydrogens is 654 g/mol. The highest BCUT2D eigenvalue weighted by Gasteiger charge is 2.61. The van der Waals surface area contributed by atoms with Crippen molar-refractivity contribution >= 4 is 23.9 Å². The van der Waals surface area contributed by atoms with Crippen LogP contribution in [0.5, 0.6) is 5.75 Å². The van der Waals surface area contributed by atoms with Gasteiger partial charge in [0.25, 0.3) is 0 Å². The summed E-state index contributed by atoms with van der Waals surface area (Å²) in [6, 6.07) is 8.52. The lowest BCUT2D eigenvalue weighted by molar-refractivity contribution is -0.145. The van der Waals surface area contributed by atoms with Gasteiger partial charge in [-0.3, -0.25) is 14.6 Å². The molecule has 1 saturated carbocycles. The van der Waals surface area contributed by atoms with Crippen LogP contribution in [0.3, 0.4) is 0 Å². The van der Waals surface area contributed by atoms with Gasteiger partial charge < -0.3 is 30.1 Å². The van der Waals surface area contributed by atoms with Crippen molar-refractivity contribution in [2.24, 2.45) is 5.92 Å². The number of carbonyl (C=O) groups excluding carboxylic acids is 3. The van der Waals surface area contributed by atoms with Gasteiger partial charge in [0.05, 0.1) is 13.2 Å². The topological polar surface area (TPSA) is 178 Å². The molecule has 0 bridgehead atoms. The molecule has 3 aromatic rings. The standard InChI is InChI=1S/C37H45N7O7/c1-36(2,3)51-35(49)39-28-13-9-7-5-6-8-12-25-20-37(25,34(47)48)40-32(45)29-19-26(22-43(29)33(28)46)44-41-30(23-14-16-27(50-4)17-15-23)31(42-44)24-11-10-18-38-21-24/h8,10-12,14-18,21,25-26,28-29H,5-7,9,13,19-20,22H2,1-4H3,(H,39,49)(H,40,45)(H,47,48)/b12-8-/t25?,26-,28?,29?,37?/m1/s1. The van der Waals surface area contributed by atoms with Crippen LogP contribution in [0.4, 0.5) is 4.79 Å². The predicted molar refractivity (Wildman–Crippen MR) is 186 cm³/mol. The zero-order valence-corrected chi connectivity index (χ0v) is 29.4. The summed E-state index contributed by atoms with van der Waals surface area (Å²) >= 11 is 0. The normalized spacial score (nSPS) is 26.1. The third kappa shape index (κ3) is 7.89. The molecule has 4 heterocycles. The summed E-state index contributed by atoms with van der Waals surface area (Å²) in [5.41, 5.74) is 0.414. The van der Waals surface area contributed by atoms with E-state index in [4.69, 9.17) is 19.7 Å². The summed E-state index contributed by atoms with van der Waals surface area (Å²) < 4.78 is 10.8. The first kappa shape index (κ1) is 35.6. The van der Waals surface area contributed by atoms with Gasteiger partial charge >= 0.3 is 12.1 Å². The molecule has 14 nitrogen and oxygen atoms in total. The number of carbonyl (C=O) groups is 4. The lowest BCUT2D eigenvalue weighted by Crippen LogP contribution is -2.56. The molecule has 0 radical (unpaired) electrons. The predicted octanol–water partition coefficient (Wildman–Crippen LogP) is 4.53. The van der Waals surface area contributed by atoms with Gasteiger partial charge in [0.2, 0.25) is 11.8 Å². The molecule has 2 aromatic heterocycles. The van der Waals surface area contributed by atoms with Crippen molar-refractivity contribution in [2.45, 2.75) is 95.0 Å². The highest BCUT2D eigenvalue weighted by atomic mass is 16.6. The highest BCUT2D eigenvalue weighted by molar-refractivity contribution is 5.96. The summed E-state index contributed by atoms with van der Waals surface area (Å²) in [5, 5.41) is 25.6. The summed E-state index contributed by atoms with van der Waals surface area (Å²) in [6.07, 6.45) is 10.2. The molecule has 1 saturated heterocycles. The number of methoxy groups -OCH3 is 1. The molecule has 270 valence electrons. The van der Waals surface area contributed by atoms with Gasteiger partial charge in [-0.25, -0.2) is 9.59 Å². The summed E-state index contributed by atoms with van der Waals surface area (Å²) in [5.74, 6) is -1.83. The van der Waals surface area contributed by atoms with Crippen LogP contribution in [-0.2, 0) is 19.1 Å². The van der Waals surface area contributed by atoms with E-state index in [2.05, 4.69) is 15.6 Å². The summed E-state index contributed by atoms with van der Waals surface area (Å²) in [7, 11) is 1.59. The number of hydrogen-bond donors (Lipinski definition) is 3.